The summed E-state index contributed by atoms with van der Waals surface area (Å²) in [5.74, 6) is 3.84. The Labute approximate surface area is 146 Å². The van der Waals surface area contributed by atoms with Crippen LogP contribution in [0.1, 0.15) is 65.7 Å². The van der Waals surface area contributed by atoms with E-state index in [-0.39, 0.29) is 5.60 Å². The predicted molar refractivity (Wildman–Crippen MR) is 95.5 cm³/mol. The van der Waals surface area contributed by atoms with Gasteiger partial charge in [-0.15, -0.1) is 0 Å². The molecule has 0 aromatic carbocycles. The van der Waals surface area contributed by atoms with E-state index in [1.54, 1.807) is 5.57 Å². The van der Waals surface area contributed by atoms with Crippen LogP contribution < -0.4 is 0 Å². The monoisotopic (exact) mass is 328 g/mol. The molecule has 1 aliphatic heterocycles. The molecule has 0 aromatic heterocycles. The summed E-state index contributed by atoms with van der Waals surface area (Å²) in [5, 5.41) is 0. The number of rotatable bonds is 2. The van der Waals surface area contributed by atoms with Crippen molar-refractivity contribution in [3.05, 3.63) is 23.5 Å². The number of fused-ring (bicyclic) bond motifs is 6. The minimum atomic E-state index is 0.280. The van der Waals surface area contributed by atoms with E-state index in [2.05, 4.69) is 32.9 Å². The zero-order chi connectivity index (χ0) is 16.6. The van der Waals surface area contributed by atoms with Crippen molar-refractivity contribution < 1.29 is 9.47 Å². The van der Waals surface area contributed by atoms with E-state index < -0.39 is 0 Å². The molecule has 5 aliphatic rings. The SMILES string of the molecule is CCOC1=CC2=CCC3C(CC[C@@]4(C)C3CC[C@]43CO3)[C@@]2(C)CC1. The van der Waals surface area contributed by atoms with Crippen LogP contribution in [0, 0.1) is 28.6 Å². The Kier molecular flexibility index (Phi) is 3.16. The molecule has 4 aliphatic carbocycles. The lowest BCUT2D eigenvalue weighted by Crippen LogP contribution is -2.50. The quantitative estimate of drug-likeness (QED) is 0.646. The van der Waals surface area contributed by atoms with Crippen LogP contribution in [0.4, 0.5) is 0 Å². The summed E-state index contributed by atoms with van der Waals surface area (Å²) in [5.41, 5.74) is 2.70. The molecule has 24 heavy (non-hydrogen) atoms. The fourth-order valence-electron chi connectivity index (χ4n) is 7.25. The summed E-state index contributed by atoms with van der Waals surface area (Å²) in [6.07, 6.45) is 14.1. The van der Waals surface area contributed by atoms with Gasteiger partial charge in [-0.1, -0.05) is 19.9 Å². The molecule has 2 heteroatoms. The van der Waals surface area contributed by atoms with Gasteiger partial charge in [0.05, 0.1) is 24.6 Å². The molecule has 6 atom stereocenters. The number of hydrogen-bond acceptors (Lipinski definition) is 2. The Bertz CT molecular complexity index is 613. The summed E-state index contributed by atoms with van der Waals surface area (Å²) < 4.78 is 11.9. The second-order valence-corrected chi connectivity index (χ2v) is 9.51. The van der Waals surface area contributed by atoms with Crippen LogP contribution >= 0.6 is 0 Å². The minimum Gasteiger partial charge on any atom is -0.498 e. The molecule has 5 rings (SSSR count). The van der Waals surface area contributed by atoms with Gasteiger partial charge < -0.3 is 9.47 Å². The third kappa shape index (κ3) is 1.81. The third-order valence-electron chi connectivity index (χ3n) is 8.84. The van der Waals surface area contributed by atoms with Gasteiger partial charge in [0.25, 0.3) is 0 Å². The van der Waals surface area contributed by atoms with E-state index in [0.717, 1.165) is 37.4 Å². The highest BCUT2D eigenvalue weighted by Crippen LogP contribution is 2.70. The van der Waals surface area contributed by atoms with Gasteiger partial charge in [0, 0.05) is 11.8 Å². The zero-order valence-corrected chi connectivity index (χ0v) is 15.6. The largest absolute Gasteiger partial charge is 0.498 e. The van der Waals surface area contributed by atoms with Gasteiger partial charge in [-0.25, -0.2) is 0 Å². The molecule has 0 aromatic rings. The fourth-order valence-corrected chi connectivity index (χ4v) is 7.25. The summed E-state index contributed by atoms with van der Waals surface area (Å²) in [7, 11) is 0. The molecule has 0 N–H and O–H groups in total. The molecule has 2 saturated carbocycles. The first-order chi connectivity index (χ1) is 11.5. The van der Waals surface area contributed by atoms with E-state index in [4.69, 9.17) is 9.47 Å². The molecule has 2 nitrogen and oxygen atoms in total. The van der Waals surface area contributed by atoms with E-state index in [9.17, 15) is 0 Å². The first-order valence-electron chi connectivity index (χ1n) is 10.2. The lowest BCUT2D eigenvalue weighted by molar-refractivity contribution is -0.0449. The second kappa shape index (κ2) is 4.90. The smallest absolute Gasteiger partial charge is 0.0972 e. The van der Waals surface area contributed by atoms with Crippen molar-refractivity contribution in [3.63, 3.8) is 0 Å². The van der Waals surface area contributed by atoms with Crippen LogP contribution in [-0.4, -0.2) is 18.8 Å². The Morgan fingerprint density at radius 1 is 1.17 bits per heavy atom. The van der Waals surface area contributed by atoms with Gasteiger partial charge in [-0.05, 0) is 80.3 Å². The summed E-state index contributed by atoms with van der Waals surface area (Å²) in [6.45, 7) is 9.04. The average Bonchev–Trinajstić information content (AvgIpc) is 3.29. The maximum Gasteiger partial charge on any atom is 0.0972 e. The molecule has 132 valence electrons. The molecular formula is C22H32O2. The van der Waals surface area contributed by atoms with E-state index in [1.807, 2.05) is 0 Å². The third-order valence-corrected chi connectivity index (χ3v) is 8.84. The summed E-state index contributed by atoms with van der Waals surface area (Å²) in [6, 6.07) is 0. The Hall–Kier alpha value is -0.760. The van der Waals surface area contributed by atoms with Gasteiger partial charge >= 0.3 is 0 Å². The van der Waals surface area contributed by atoms with Crippen molar-refractivity contribution in [1.29, 1.82) is 0 Å². The fraction of sp³-hybridized carbons (Fsp3) is 0.818. The van der Waals surface area contributed by atoms with Crippen LogP contribution in [0.25, 0.3) is 0 Å². The van der Waals surface area contributed by atoms with Crippen molar-refractivity contribution in [2.75, 3.05) is 13.2 Å². The molecule has 0 amide bonds. The molecule has 1 spiro atoms. The molecule has 1 heterocycles. The summed E-state index contributed by atoms with van der Waals surface area (Å²) >= 11 is 0. The molecule has 0 radical (unpaired) electrons. The number of epoxide rings is 1. The number of allylic oxidation sites excluding steroid dienone is 4. The summed E-state index contributed by atoms with van der Waals surface area (Å²) in [4.78, 5) is 0. The van der Waals surface area contributed by atoms with E-state index >= 15 is 0 Å². The topological polar surface area (TPSA) is 21.8 Å². The Balaban J connectivity index is 1.48. The maximum atomic E-state index is 6.04. The normalized spacial score (nSPS) is 52.0. The molecular weight excluding hydrogens is 296 g/mol. The highest BCUT2D eigenvalue weighted by atomic mass is 16.6. The van der Waals surface area contributed by atoms with Crippen LogP contribution in [-0.2, 0) is 9.47 Å². The van der Waals surface area contributed by atoms with Gasteiger partial charge in [0.15, 0.2) is 0 Å². The van der Waals surface area contributed by atoms with Crippen molar-refractivity contribution in [2.45, 2.75) is 71.3 Å². The molecule has 3 fully saturated rings. The highest BCUT2D eigenvalue weighted by Gasteiger charge is 2.69. The van der Waals surface area contributed by atoms with E-state index in [0.29, 0.717) is 10.8 Å². The van der Waals surface area contributed by atoms with Crippen molar-refractivity contribution in [2.24, 2.45) is 28.6 Å². The highest BCUT2D eigenvalue weighted by molar-refractivity contribution is 5.36. The molecule has 3 unspecified atom stereocenters. The van der Waals surface area contributed by atoms with Crippen LogP contribution in [0.5, 0.6) is 0 Å². The minimum absolute atomic E-state index is 0.280. The van der Waals surface area contributed by atoms with E-state index in [1.165, 1.54) is 44.3 Å². The first-order valence-corrected chi connectivity index (χ1v) is 10.2. The van der Waals surface area contributed by atoms with Crippen LogP contribution in [0.15, 0.2) is 23.5 Å². The van der Waals surface area contributed by atoms with Crippen LogP contribution in [0.2, 0.25) is 0 Å². The number of ether oxygens (including phenoxy) is 2. The Morgan fingerprint density at radius 2 is 1.96 bits per heavy atom. The molecule has 1 saturated heterocycles. The lowest BCUT2D eigenvalue weighted by Gasteiger charge is -2.56. The lowest BCUT2D eigenvalue weighted by atomic mass is 9.48. The second-order valence-electron chi connectivity index (χ2n) is 9.51. The van der Waals surface area contributed by atoms with Gasteiger partial charge in [-0.2, -0.15) is 0 Å². The van der Waals surface area contributed by atoms with Crippen molar-refractivity contribution in [3.8, 4) is 0 Å². The zero-order valence-electron chi connectivity index (χ0n) is 15.6. The van der Waals surface area contributed by atoms with Gasteiger partial charge in [0.1, 0.15) is 0 Å². The standard InChI is InChI=1S/C22H32O2/c1-4-23-16-7-10-20(2)15(13-16)5-6-17-18(20)8-11-21(3)19(17)9-12-22(21)14-24-22/h5,13,17-19H,4,6-12,14H2,1-3H3/t17?,18?,19?,20-,21-,22-/m0/s1. The van der Waals surface area contributed by atoms with Crippen molar-refractivity contribution >= 4 is 0 Å². The number of hydrogen-bond donors (Lipinski definition) is 0. The molecule has 0 bridgehead atoms. The van der Waals surface area contributed by atoms with Crippen LogP contribution in [0.3, 0.4) is 0 Å². The first kappa shape index (κ1) is 15.5. The van der Waals surface area contributed by atoms with Crippen molar-refractivity contribution in [1.82, 2.24) is 0 Å². The van der Waals surface area contributed by atoms with Gasteiger partial charge in [-0.3, -0.25) is 0 Å². The Morgan fingerprint density at radius 3 is 2.71 bits per heavy atom. The predicted octanol–water partition coefficient (Wildman–Crippen LogP) is 5.25. The average molecular weight is 328 g/mol. The van der Waals surface area contributed by atoms with Gasteiger partial charge in [0.2, 0.25) is 0 Å². The maximum absolute atomic E-state index is 6.04.